The highest BCUT2D eigenvalue weighted by Crippen LogP contribution is 2.20. The van der Waals surface area contributed by atoms with Crippen LogP contribution in [0.5, 0.6) is 0 Å². The van der Waals surface area contributed by atoms with Gasteiger partial charge in [0.2, 0.25) is 5.91 Å². The molecule has 0 aliphatic heterocycles. The molecule has 5 heteroatoms. The SMILES string of the molecule is CC(=O)c1ccccc1NC(=O)CC(NC(=O)c1ccccc1)c1ccccc1. The van der Waals surface area contributed by atoms with Crippen LogP contribution in [0.2, 0.25) is 0 Å². The fourth-order valence-corrected chi connectivity index (χ4v) is 3.05. The number of Topliss-reactive ketones (excluding diaryl/α,β-unsaturated/α-hetero) is 1. The maximum absolute atomic E-state index is 12.7. The molecule has 2 amide bonds. The van der Waals surface area contributed by atoms with Crippen LogP contribution < -0.4 is 10.6 Å². The fourth-order valence-electron chi connectivity index (χ4n) is 3.05. The number of carbonyl (C=O) groups excluding carboxylic acids is 3. The molecular formula is C24H22N2O3. The van der Waals surface area contributed by atoms with Crippen molar-refractivity contribution >= 4 is 23.3 Å². The van der Waals surface area contributed by atoms with E-state index in [4.69, 9.17) is 0 Å². The minimum atomic E-state index is -0.506. The Bertz CT molecular complexity index is 1000. The van der Waals surface area contributed by atoms with Gasteiger partial charge in [0.25, 0.3) is 5.91 Å². The van der Waals surface area contributed by atoms with Crippen LogP contribution in [-0.2, 0) is 4.79 Å². The molecule has 29 heavy (non-hydrogen) atoms. The lowest BCUT2D eigenvalue weighted by molar-refractivity contribution is -0.116. The predicted molar refractivity (Wildman–Crippen MR) is 113 cm³/mol. The van der Waals surface area contributed by atoms with E-state index in [0.717, 1.165) is 5.56 Å². The van der Waals surface area contributed by atoms with Gasteiger partial charge in [-0.25, -0.2) is 0 Å². The van der Waals surface area contributed by atoms with E-state index in [2.05, 4.69) is 10.6 Å². The molecule has 0 fully saturated rings. The first-order valence-corrected chi connectivity index (χ1v) is 9.35. The molecule has 146 valence electrons. The number of anilines is 1. The Balaban J connectivity index is 1.78. The Hall–Kier alpha value is -3.73. The third-order valence-electron chi connectivity index (χ3n) is 4.51. The van der Waals surface area contributed by atoms with Crippen LogP contribution in [-0.4, -0.2) is 17.6 Å². The number of ketones is 1. The van der Waals surface area contributed by atoms with Gasteiger partial charge in [0.05, 0.1) is 18.2 Å². The highest BCUT2D eigenvalue weighted by molar-refractivity contribution is 6.04. The maximum atomic E-state index is 12.7. The molecule has 3 rings (SSSR count). The summed E-state index contributed by atoms with van der Waals surface area (Å²) in [6.45, 7) is 1.46. The summed E-state index contributed by atoms with van der Waals surface area (Å²) in [5, 5.41) is 5.73. The van der Waals surface area contributed by atoms with Gasteiger partial charge in [-0.3, -0.25) is 14.4 Å². The molecule has 5 nitrogen and oxygen atoms in total. The molecule has 0 aromatic heterocycles. The topological polar surface area (TPSA) is 75.3 Å². The molecule has 0 spiro atoms. The number of nitrogens with one attached hydrogen (secondary N) is 2. The van der Waals surface area contributed by atoms with E-state index in [-0.39, 0.29) is 24.0 Å². The highest BCUT2D eigenvalue weighted by Gasteiger charge is 2.20. The van der Waals surface area contributed by atoms with Gasteiger partial charge in [-0.1, -0.05) is 60.7 Å². The molecule has 3 aromatic rings. The largest absolute Gasteiger partial charge is 0.345 e. The van der Waals surface area contributed by atoms with Crippen LogP contribution in [0.15, 0.2) is 84.9 Å². The number of carbonyl (C=O) groups is 3. The number of rotatable bonds is 7. The van der Waals surface area contributed by atoms with Gasteiger partial charge < -0.3 is 10.6 Å². The lowest BCUT2D eigenvalue weighted by Crippen LogP contribution is -2.31. The fraction of sp³-hybridized carbons (Fsp3) is 0.125. The van der Waals surface area contributed by atoms with E-state index in [0.29, 0.717) is 16.8 Å². The lowest BCUT2D eigenvalue weighted by Gasteiger charge is -2.19. The third kappa shape index (κ3) is 5.39. The van der Waals surface area contributed by atoms with Crippen LogP contribution in [0.25, 0.3) is 0 Å². The highest BCUT2D eigenvalue weighted by atomic mass is 16.2. The first kappa shape index (κ1) is 20.0. The standard InChI is InChI=1S/C24H22N2O3/c1-17(27)20-14-8-9-15-21(20)25-23(28)16-22(18-10-4-2-5-11-18)26-24(29)19-12-6-3-7-13-19/h2-15,22H,16H2,1H3,(H,25,28)(H,26,29). The molecule has 0 heterocycles. The smallest absolute Gasteiger partial charge is 0.251 e. The maximum Gasteiger partial charge on any atom is 0.251 e. The molecular weight excluding hydrogens is 364 g/mol. The minimum Gasteiger partial charge on any atom is -0.345 e. The Kier molecular flexibility index (Phi) is 6.53. The van der Waals surface area contributed by atoms with Crippen LogP contribution >= 0.6 is 0 Å². The number of amides is 2. The zero-order valence-corrected chi connectivity index (χ0v) is 16.1. The van der Waals surface area contributed by atoms with Crippen LogP contribution in [0.3, 0.4) is 0 Å². The lowest BCUT2D eigenvalue weighted by atomic mass is 10.0. The van der Waals surface area contributed by atoms with Crippen molar-refractivity contribution in [3.8, 4) is 0 Å². The molecule has 0 aliphatic carbocycles. The summed E-state index contributed by atoms with van der Waals surface area (Å²) >= 11 is 0. The molecule has 0 saturated heterocycles. The van der Waals surface area contributed by atoms with Crippen molar-refractivity contribution in [2.24, 2.45) is 0 Å². The van der Waals surface area contributed by atoms with E-state index in [9.17, 15) is 14.4 Å². The molecule has 0 aliphatic rings. The summed E-state index contributed by atoms with van der Waals surface area (Å²) in [5.74, 6) is -0.671. The second-order valence-corrected chi connectivity index (χ2v) is 6.66. The number of benzene rings is 3. The van der Waals surface area contributed by atoms with Gasteiger partial charge in [0.1, 0.15) is 0 Å². The van der Waals surface area contributed by atoms with E-state index in [1.54, 1.807) is 48.5 Å². The summed E-state index contributed by atoms with van der Waals surface area (Å²) in [6, 6.07) is 24.6. The first-order valence-electron chi connectivity index (χ1n) is 9.35. The van der Waals surface area contributed by atoms with Crippen molar-refractivity contribution in [3.63, 3.8) is 0 Å². The quantitative estimate of drug-likeness (QED) is 0.592. The van der Waals surface area contributed by atoms with Crippen molar-refractivity contribution in [3.05, 3.63) is 102 Å². The van der Waals surface area contributed by atoms with Crippen molar-refractivity contribution in [1.82, 2.24) is 5.32 Å². The van der Waals surface area contributed by atoms with Gasteiger partial charge in [-0.05, 0) is 36.8 Å². The number of hydrogen-bond acceptors (Lipinski definition) is 3. The minimum absolute atomic E-state index is 0.0365. The Labute approximate surface area is 169 Å². The van der Waals surface area contributed by atoms with E-state index in [1.807, 2.05) is 36.4 Å². The average molecular weight is 386 g/mol. The second kappa shape index (κ2) is 9.46. The Morgan fingerprint density at radius 3 is 2.03 bits per heavy atom. The van der Waals surface area contributed by atoms with Gasteiger partial charge >= 0.3 is 0 Å². The molecule has 1 atom stereocenters. The van der Waals surface area contributed by atoms with Crippen molar-refractivity contribution in [2.75, 3.05) is 5.32 Å². The molecule has 2 N–H and O–H groups in total. The molecule has 1 unspecified atom stereocenters. The zero-order chi connectivity index (χ0) is 20.6. The monoisotopic (exact) mass is 386 g/mol. The van der Waals surface area contributed by atoms with E-state index < -0.39 is 6.04 Å². The van der Waals surface area contributed by atoms with Crippen molar-refractivity contribution in [2.45, 2.75) is 19.4 Å². The van der Waals surface area contributed by atoms with Crippen molar-refractivity contribution < 1.29 is 14.4 Å². The summed E-state index contributed by atoms with van der Waals surface area (Å²) in [4.78, 5) is 37.1. The third-order valence-corrected chi connectivity index (χ3v) is 4.51. The van der Waals surface area contributed by atoms with Gasteiger partial charge in [-0.15, -0.1) is 0 Å². The van der Waals surface area contributed by atoms with Crippen LogP contribution in [0.4, 0.5) is 5.69 Å². The van der Waals surface area contributed by atoms with Crippen LogP contribution in [0, 0.1) is 0 Å². The van der Waals surface area contributed by atoms with Gasteiger partial charge in [-0.2, -0.15) is 0 Å². The molecule has 3 aromatic carbocycles. The number of para-hydroxylation sites is 1. The van der Waals surface area contributed by atoms with Crippen molar-refractivity contribution in [1.29, 1.82) is 0 Å². The normalized spacial score (nSPS) is 11.3. The Morgan fingerprint density at radius 1 is 0.793 bits per heavy atom. The van der Waals surface area contributed by atoms with E-state index >= 15 is 0 Å². The van der Waals surface area contributed by atoms with E-state index in [1.165, 1.54) is 6.92 Å². The second-order valence-electron chi connectivity index (χ2n) is 6.66. The Morgan fingerprint density at radius 2 is 1.38 bits per heavy atom. The summed E-state index contributed by atoms with van der Waals surface area (Å²) in [6.07, 6.45) is 0.0365. The predicted octanol–water partition coefficient (Wildman–Crippen LogP) is 4.39. The number of hydrogen-bond donors (Lipinski definition) is 2. The summed E-state index contributed by atoms with van der Waals surface area (Å²) < 4.78 is 0. The van der Waals surface area contributed by atoms with Crippen LogP contribution in [0.1, 0.15) is 45.7 Å². The average Bonchev–Trinajstić information content (AvgIpc) is 2.74. The molecule has 0 saturated carbocycles. The zero-order valence-electron chi connectivity index (χ0n) is 16.1. The van der Waals surface area contributed by atoms with Gasteiger partial charge in [0.15, 0.2) is 5.78 Å². The summed E-state index contributed by atoms with van der Waals surface area (Å²) in [5.41, 5.74) is 2.26. The molecule has 0 bridgehead atoms. The first-order chi connectivity index (χ1) is 14.0. The molecule has 0 radical (unpaired) electrons. The summed E-state index contributed by atoms with van der Waals surface area (Å²) in [7, 11) is 0. The van der Waals surface area contributed by atoms with Gasteiger partial charge in [0, 0.05) is 11.1 Å².